The molecule has 1 aliphatic heterocycles. The van der Waals surface area contributed by atoms with Crippen LogP contribution in [-0.2, 0) is 11.2 Å². The van der Waals surface area contributed by atoms with Crippen LogP contribution in [0.3, 0.4) is 0 Å². The van der Waals surface area contributed by atoms with Gasteiger partial charge in [-0.3, -0.25) is 14.2 Å². The molecule has 224 valence electrons. The van der Waals surface area contributed by atoms with Crippen LogP contribution in [0.25, 0.3) is 5.69 Å². The molecule has 10 heteroatoms. The lowest BCUT2D eigenvalue weighted by Gasteiger charge is -2.40. The van der Waals surface area contributed by atoms with Crippen LogP contribution in [0, 0.1) is 0 Å². The highest BCUT2D eigenvalue weighted by atomic mass is 35.5. The maximum Gasteiger partial charge on any atom is 0.254 e. The Hall–Kier alpha value is -3.82. The van der Waals surface area contributed by atoms with Gasteiger partial charge in [0.1, 0.15) is 11.6 Å². The molecule has 0 N–H and O–H groups in total. The van der Waals surface area contributed by atoms with Crippen LogP contribution < -0.4 is 4.74 Å². The van der Waals surface area contributed by atoms with E-state index in [1.807, 2.05) is 59.2 Å². The number of rotatable bonds is 11. The van der Waals surface area contributed by atoms with Gasteiger partial charge in [-0.2, -0.15) is 0 Å². The molecule has 8 nitrogen and oxygen atoms in total. The van der Waals surface area contributed by atoms with Crippen LogP contribution in [0.5, 0.6) is 5.75 Å². The maximum absolute atomic E-state index is 13.0. The monoisotopic (exact) mass is 617 g/mol. The molecule has 2 amide bonds. The van der Waals surface area contributed by atoms with E-state index < -0.39 is 0 Å². The first-order valence-corrected chi connectivity index (χ1v) is 15.9. The lowest BCUT2D eigenvalue weighted by molar-refractivity contribution is -0.133. The van der Waals surface area contributed by atoms with Crippen molar-refractivity contribution < 1.29 is 14.3 Å². The van der Waals surface area contributed by atoms with Crippen LogP contribution in [0.1, 0.15) is 47.9 Å². The molecular formula is C33H36ClN5O3S. The Labute approximate surface area is 262 Å². The van der Waals surface area contributed by atoms with Crippen molar-refractivity contribution in [2.75, 3.05) is 32.5 Å². The van der Waals surface area contributed by atoms with E-state index in [9.17, 15) is 9.59 Å². The predicted octanol–water partition coefficient (Wildman–Crippen LogP) is 6.16. The van der Waals surface area contributed by atoms with Gasteiger partial charge < -0.3 is 14.5 Å². The van der Waals surface area contributed by atoms with Crippen molar-refractivity contribution in [3.8, 4) is 11.4 Å². The molecule has 0 spiro atoms. The number of hydrogen-bond donors (Lipinski definition) is 0. The molecule has 1 aromatic heterocycles. The van der Waals surface area contributed by atoms with Gasteiger partial charge in [0.25, 0.3) is 5.91 Å². The standard InChI is InChI=1S/C33H36ClN5O3S/c1-24-23-37(19-20-38(24)32(41)26-11-13-27(34)14-12-26)31(40)10-6-7-21-43-33-36-35-30(22-25-8-4-3-5-9-25)39(33)28-15-17-29(42-2)18-16-28/h3-5,8-9,11-18,24H,6-7,10,19-23H2,1-2H3. The van der Waals surface area contributed by atoms with Crippen LogP contribution in [0.2, 0.25) is 5.02 Å². The first kappa shape index (κ1) is 30.6. The van der Waals surface area contributed by atoms with E-state index in [0.29, 0.717) is 43.1 Å². The highest BCUT2D eigenvalue weighted by Crippen LogP contribution is 2.26. The number of aromatic nitrogens is 3. The van der Waals surface area contributed by atoms with Crippen LogP contribution >= 0.6 is 23.4 Å². The van der Waals surface area contributed by atoms with E-state index in [1.54, 1.807) is 43.1 Å². The van der Waals surface area contributed by atoms with Crippen molar-refractivity contribution in [1.82, 2.24) is 24.6 Å². The second kappa shape index (κ2) is 14.6. The molecule has 2 heterocycles. The average molecular weight is 618 g/mol. The Morgan fingerprint density at radius 2 is 1.70 bits per heavy atom. The molecule has 43 heavy (non-hydrogen) atoms. The number of methoxy groups -OCH3 is 1. The van der Waals surface area contributed by atoms with Crippen molar-refractivity contribution in [2.24, 2.45) is 0 Å². The molecule has 4 aromatic rings. The summed E-state index contributed by atoms with van der Waals surface area (Å²) in [6.45, 7) is 3.61. The highest BCUT2D eigenvalue weighted by Gasteiger charge is 2.30. The molecule has 1 fully saturated rings. The highest BCUT2D eigenvalue weighted by molar-refractivity contribution is 7.99. The molecule has 3 aromatic carbocycles. The van der Waals surface area contributed by atoms with Gasteiger partial charge in [0.2, 0.25) is 5.91 Å². The summed E-state index contributed by atoms with van der Waals surface area (Å²) in [7, 11) is 1.66. The first-order chi connectivity index (χ1) is 20.9. The summed E-state index contributed by atoms with van der Waals surface area (Å²) >= 11 is 7.62. The maximum atomic E-state index is 13.0. The smallest absolute Gasteiger partial charge is 0.254 e. The normalized spacial score (nSPS) is 15.0. The van der Waals surface area contributed by atoms with Gasteiger partial charge in [-0.15, -0.1) is 10.2 Å². The van der Waals surface area contributed by atoms with Gasteiger partial charge in [-0.25, -0.2) is 0 Å². The zero-order chi connectivity index (χ0) is 30.2. The van der Waals surface area contributed by atoms with Gasteiger partial charge in [0.15, 0.2) is 5.16 Å². The molecule has 0 saturated carbocycles. The second-order valence-corrected chi connectivity index (χ2v) is 12.1. The molecule has 1 saturated heterocycles. The fraction of sp³-hybridized carbons (Fsp3) is 0.333. The lowest BCUT2D eigenvalue weighted by atomic mass is 10.1. The SMILES string of the molecule is COc1ccc(-n2c(Cc3ccccc3)nnc2SCCCCC(=O)N2CCN(C(=O)c3ccc(Cl)cc3)C(C)C2)cc1. The van der Waals surface area contributed by atoms with Crippen LogP contribution in [0.15, 0.2) is 84.0 Å². The molecule has 0 bridgehead atoms. The fourth-order valence-corrected chi connectivity index (χ4v) is 6.32. The Morgan fingerprint density at radius 3 is 2.40 bits per heavy atom. The van der Waals surface area contributed by atoms with Crippen molar-refractivity contribution >= 4 is 35.2 Å². The summed E-state index contributed by atoms with van der Waals surface area (Å²) in [5.41, 5.74) is 2.77. The van der Waals surface area contributed by atoms with Crippen molar-refractivity contribution in [3.63, 3.8) is 0 Å². The molecular weight excluding hydrogens is 582 g/mol. The number of hydrogen-bond acceptors (Lipinski definition) is 6. The summed E-state index contributed by atoms with van der Waals surface area (Å²) < 4.78 is 7.45. The average Bonchev–Trinajstić information content (AvgIpc) is 3.43. The van der Waals surface area contributed by atoms with E-state index in [0.717, 1.165) is 41.0 Å². The zero-order valence-electron chi connectivity index (χ0n) is 24.5. The molecule has 5 rings (SSSR count). The number of amides is 2. The van der Waals surface area contributed by atoms with Gasteiger partial charge in [-0.05, 0) is 73.9 Å². The molecule has 0 aliphatic carbocycles. The third-order valence-corrected chi connectivity index (χ3v) is 8.85. The predicted molar refractivity (Wildman–Crippen MR) is 170 cm³/mol. The number of thioether (sulfide) groups is 1. The zero-order valence-corrected chi connectivity index (χ0v) is 26.1. The Morgan fingerprint density at radius 1 is 0.953 bits per heavy atom. The molecule has 0 radical (unpaired) electrons. The van der Waals surface area contributed by atoms with Crippen molar-refractivity contribution in [1.29, 1.82) is 0 Å². The summed E-state index contributed by atoms with van der Waals surface area (Å²) in [6, 6.07) is 25.1. The third-order valence-electron chi connectivity index (χ3n) is 7.58. The second-order valence-electron chi connectivity index (χ2n) is 10.6. The fourth-order valence-electron chi connectivity index (χ4n) is 5.22. The lowest BCUT2D eigenvalue weighted by Crippen LogP contribution is -2.55. The number of carbonyl (C=O) groups excluding carboxylic acids is 2. The third kappa shape index (κ3) is 7.77. The largest absolute Gasteiger partial charge is 0.497 e. The van der Waals surface area contributed by atoms with E-state index in [1.165, 1.54) is 5.56 Å². The minimum Gasteiger partial charge on any atom is -0.497 e. The minimum absolute atomic E-state index is 0.0253. The number of carbonyl (C=O) groups is 2. The Balaban J connectivity index is 1.12. The number of benzene rings is 3. The van der Waals surface area contributed by atoms with E-state index in [-0.39, 0.29) is 17.9 Å². The van der Waals surface area contributed by atoms with Crippen LogP contribution in [0.4, 0.5) is 0 Å². The Kier molecular flexibility index (Phi) is 10.4. The topological polar surface area (TPSA) is 80.6 Å². The van der Waals surface area contributed by atoms with E-state index in [4.69, 9.17) is 16.3 Å². The van der Waals surface area contributed by atoms with Crippen molar-refractivity contribution in [3.05, 3.63) is 101 Å². The van der Waals surface area contributed by atoms with Gasteiger partial charge in [-0.1, -0.05) is 53.7 Å². The number of piperazine rings is 1. The quantitative estimate of drug-likeness (QED) is 0.148. The molecule has 1 aliphatic rings. The van der Waals surface area contributed by atoms with E-state index in [2.05, 4.69) is 26.9 Å². The minimum atomic E-state index is -0.0502. The summed E-state index contributed by atoms with van der Waals surface area (Å²) in [6.07, 6.45) is 2.83. The van der Waals surface area contributed by atoms with Crippen LogP contribution in [-0.4, -0.2) is 74.9 Å². The van der Waals surface area contributed by atoms with Gasteiger partial charge in [0.05, 0.1) is 7.11 Å². The van der Waals surface area contributed by atoms with Gasteiger partial charge in [0, 0.05) is 60.5 Å². The Bertz CT molecular complexity index is 1510. The summed E-state index contributed by atoms with van der Waals surface area (Å²) in [4.78, 5) is 29.7. The number of nitrogens with zero attached hydrogens (tertiary/aromatic N) is 5. The number of ether oxygens (including phenoxy) is 1. The molecule has 1 atom stereocenters. The summed E-state index contributed by atoms with van der Waals surface area (Å²) in [5.74, 6) is 2.61. The van der Waals surface area contributed by atoms with E-state index >= 15 is 0 Å². The number of halogens is 1. The molecule has 1 unspecified atom stereocenters. The van der Waals surface area contributed by atoms with Crippen molar-refractivity contribution in [2.45, 2.75) is 43.8 Å². The first-order valence-electron chi connectivity index (χ1n) is 14.5. The summed E-state index contributed by atoms with van der Waals surface area (Å²) in [5, 5.41) is 10.5. The number of unbranched alkanes of at least 4 members (excludes halogenated alkanes) is 1. The van der Waals surface area contributed by atoms with Gasteiger partial charge >= 0.3 is 0 Å².